The van der Waals surface area contributed by atoms with Crippen LogP contribution < -0.4 is 15.8 Å². The van der Waals surface area contributed by atoms with E-state index < -0.39 is 5.91 Å². The van der Waals surface area contributed by atoms with Crippen LogP contribution in [0.2, 0.25) is 0 Å². The highest BCUT2D eigenvalue weighted by molar-refractivity contribution is 5.92. The summed E-state index contributed by atoms with van der Waals surface area (Å²) in [4.78, 5) is 11.1. The molecule has 25 heavy (non-hydrogen) atoms. The molecule has 1 amide bonds. The van der Waals surface area contributed by atoms with Crippen LogP contribution in [0.5, 0.6) is 11.5 Å². The predicted molar refractivity (Wildman–Crippen MR) is 100.0 cm³/mol. The molecule has 0 saturated heterocycles. The molecule has 4 nitrogen and oxygen atoms in total. The molecule has 0 unspecified atom stereocenters. The second-order valence-electron chi connectivity index (χ2n) is 5.81. The molecule has 3 aromatic rings. The summed E-state index contributed by atoms with van der Waals surface area (Å²) >= 11 is 0. The van der Waals surface area contributed by atoms with Gasteiger partial charge in [-0.2, -0.15) is 0 Å². The van der Waals surface area contributed by atoms with Gasteiger partial charge in [-0.15, -0.1) is 0 Å². The molecular weight excluding hydrogens is 312 g/mol. The van der Waals surface area contributed by atoms with E-state index >= 15 is 0 Å². The molecule has 0 fully saturated rings. The molecule has 4 heteroatoms. The maximum Gasteiger partial charge on any atom is 0.248 e. The first-order valence-corrected chi connectivity index (χ1v) is 8.08. The van der Waals surface area contributed by atoms with E-state index in [0.29, 0.717) is 11.3 Å². The lowest BCUT2D eigenvalue weighted by molar-refractivity contribution is 0.100. The monoisotopic (exact) mass is 332 g/mol. The fraction of sp³-hybridized carbons (Fsp3) is 0.0952. The Kier molecular flexibility index (Phi) is 5.00. The molecule has 126 valence electrons. The number of ether oxygens (including phenoxy) is 1. The van der Waals surface area contributed by atoms with Crippen molar-refractivity contribution < 1.29 is 9.53 Å². The number of nitrogens with two attached hydrogens (primary N) is 1. The van der Waals surface area contributed by atoms with E-state index in [1.54, 1.807) is 24.3 Å². The third kappa shape index (κ3) is 4.38. The van der Waals surface area contributed by atoms with Crippen molar-refractivity contribution in [3.05, 3.63) is 89.5 Å². The van der Waals surface area contributed by atoms with Crippen LogP contribution in [0.15, 0.2) is 72.8 Å². The van der Waals surface area contributed by atoms with Gasteiger partial charge in [0.1, 0.15) is 11.5 Å². The van der Waals surface area contributed by atoms with Crippen molar-refractivity contribution in [3.63, 3.8) is 0 Å². The van der Waals surface area contributed by atoms with Crippen LogP contribution in [0.1, 0.15) is 21.5 Å². The zero-order valence-corrected chi connectivity index (χ0v) is 14.0. The van der Waals surface area contributed by atoms with Crippen LogP contribution in [0.25, 0.3) is 0 Å². The number of benzene rings is 3. The molecule has 0 heterocycles. The Labute approximate surface area is 147 Å². The maximum atomic E-state index is 11.1. The molecule has 0 aromatic heterocycles. The first kappa shape index (κ1) is 16.6. The molecule has 0 aliphatic carbocycles. The van der Waals surface area contributed by atoms with Gasteiger partial charge in [0.05, 0.1) is 0 Å². The Bertz CT molecular complexity index is 859. The SMILES string of the molecule is Cc1cc(CNc2ccccc2)ccc1Oc1ccc(C(N)=O)cc1. The van der Waals surface area contributed by atoms with E-state index in [2.05, 4.69) is 11.4 Å². The number of anilines is 1. The maximum absolute atomic E-state index is 11.1. The Morgan fingerprint density at radius 2 is 1.72 bits per heavy atom. The van der Waals surface area contributed by atoms with Crippen LogP contribution in [0.4, 0.5) is 5.69 Å². The predicted octanol–water partition coefficient (Wildman–Crippen LogP) is 4.50. The van der Waals surface area contributed by atoms with Gasteiger partial charge in [-0.25, -0.2) is 0 Å². The lowest BCUT2D eigenvalue weighted by atomic mass is 10.1. The van der Waals surface area contributed by atoms with Crippen molar-refractivity contribution in [3.8, 4) is 11.5 Å². The average molecular weight is 332 g/mol. The van der Waals surface area contributed by atoms with Gasteiger partial charge in [0, 0.05) is 17.8 Å². The Balaban J connectivity index is 1.66. The van der Waals surface area contributed by atoms with Crippen LogP contribution in [0, 0.1) is 6.92 Å². The lowest BCUT2D eigenvalue weighted by Crippen LogP contribution is -2.10. The van der Waals surface area contributed by atoms with Gasteiger partial charge in [-0.1, -0.05) is 30.3 Å². The second-order valence-corrected chi connectivity index (χ2v) is 5.81. The normalized spacial score (nSPS) is 10.3. The molecule has 0 atom stereocenters. The van der Waals surface area contributed by atoms with Gasteiger partial charge >= 0.3 is 0 Å². The summed E-state index contributed by atoms with van der Waals surface area (Å²) in [6, 6.07) is 23.0. The van der Waals surface area contributed by atoms with Gasteiger partial charge in [-0.05, 0) is 60.5 Å². The third-order valence-electron chi connectivity index (χ3n) is 3.88. The number of para-hydroxylation sites is 1. The minimum Gasteiger partial charge on any atom is -0.457 e. The zero-order chi connectivity index (χ0) is 17.6. The van der Waals surface area contributed by atoms with E-state index in [1.807, 2.05) is 49.4 Å². The number of carbonyl (C=O) groups excluding carboxylic acids is 1. The third-order valence-corrected chi connectivity index (χ3v) is 3.88. The first-order valence-electron chi connectivity index (χ1n) is 8.08. The van der Waals surface area contributed by atoms with Gasteiger partial charge in [-0.3, -0.25) is 4.79 Å². The molecule has 0 spiro atoms. The van der Waals surface area contributed by atoms with Crippen molar-refractivity contribution in [1.29, 1.82) is 0 Å². The molecule has 3 aromatic carbocycles. The van der Waals surface area contributed by atoms with Crippen LogP contribution in [-0.4, -0.2) is 5.91 Å². The fourth-order valence-electron chi connectivity index (χ4n) is 2.51. The molecule has 0 radical (unpaired) electrons. The van der Waals surface area contributed by atoms with E-state index in [4.69, 9.17) is 10.5 Å². The molecule has 0 aliphatic rings. The number of rotatable bonds is 6. The average Bonchev–Trinajstić information content (AvgIpc) is 2.63. The van der Waals surface area contributed by atoms with Crippen LogP contribution >= 0.6 is 0 Å². The van der Waals surface area contributed by atoms with Gasteiger partial charge in [0.15, 0.2) is 0 Å². The first-order chi connectivity index (χ1) is 12.1. The van der Waals surface area contributed by atoms with Crippen LogP contribution in [0.3, 0.4) is 0 Å². The number of carbonyl (C=O) groups is 1. The topological polar surface area (TPSA) is 64.3 Å². The molecule has 0 aliphatic heterocycles. The van der Waals surface area contributed by atoms with Crippen LogP contribution in [-0.2, 0) is 6.54 Å². The van der Waals surface area contributed by atoms with Gasteiger partial charge < -0.3 is 15.8 Å². The number of primary amides is 1. The standard InChI is InChI=1S/C21H20N2O2/c1-15-13-16(14-23-18-5-3-2-4-6-18)7-12-20(15)25-19-10-8-17(9-11-19)21(22)24/h2-13,23H,14H2,1H3,(H2,22,24). The van der Waals surface area contributed by atoms with E-state index in [9.17, 15) is 4.79 Å². The highest BCUT2D eigenvalue weighted by Gasteiger charge is 2.05. The highest BCUT2D eigenvalue weighted by Crippen LogP contribution is 2.26. The smallest absolute Gasteiger partial charge is 0.248 e. The number of aryl methyl sites for hydroxylation is 1. The molecule has 3 N–H and O–H groups in total. The number of nitrogens with one attached hydrogen (secondary N) is 1. The Morgan fingerprint density at radius 1 is 1.00 bits per heavy atom. The number of hydrogen-bond acceptors (Lipinski definition) is 3. The summed E-state index contributed by atoms with van der Waals surface area (Å²) in [7, 11) is 0. The van der Waals surface area contributed by atoms with Gasteiger partial charge in [0.25, 0.3) is 0 Å². The Hall–Kier alpha value is -3.27. The quantitative estimate of drug-likeness (QED) is 0.698. The minimum absolute atomic E-state index is 0.446. The highest BCUT2D eigenvalue weighted by atomic mass is 16.5. The summed E-state index contributed by atoms with van der Waals surface area (Å²) in [6.45, 7) is 2.76. The molecular formula is C21H20N2O2. The molecule has 0 saturated carbocycles. The van der Waals surface area contributed by atoms with Crippen molar-refractivity contribution in [2.75, 3.05) is 5.32 Å². The summed E-state index contributed by atoms with van der Waals surface area (Å²) in [6.07, 6.45) is 0. The summed E-state index contributed by atoms with van der Waals surface area (Å²) in [5.74, 6) is 1.01. The van der Waals surface area contributed by atoms with Crippen molar-refractivity contribution in [2.24, 2.45) is 5.73 Å². The largest absolute Gasteiger partial charge is 0.457 e. The van der Waals surface area contributed by atoms with Crippen molar-refractivity contribution in [1.82, 2.24) is 0 Å². The number of amides is 1. The van der Waals surface area contributed by atoms with Crippen molar-refractivity contribution in [2.45, 2.75) is 13.5 Å². The molecule has 3 rings (SSSR count). The number of hydrogen-bond donors (Lipinski definition) is 2. The summed E-state index contributed by atoms with van der Waals surface area (Å²) < 4.78 is 5.89. The van der Waals surface area contributed by atoms with E-state index in [1.165, 1.54) is 5.56 Å². The fourth-order valence-corrected chi connectivity index (χ4v) is 2.51. The minimum atomic E-state index is -0.446. The molecule has 0 bridgehead atoms. The Morgan fingerprint density at radius 3 is 2.36 bits per heavy atom. The van der Waals surface area contributed by atoms with E-state index in [0.717, 1.165) is 23.5 Å². The van der Waals surface area contributed by atoms with E-state index in [-0.39, 0.29) is 0 Å². The zero-order valence-electron chi connectivity index (χ0n) is 14.0. The van der Waals surface area contributed by atoms with Crippen molar-refractivity contribution >= 4 is 11.6 Å². The summed E-state index contributed by atoms with van der Waals surface area (Å²) in [5, 5.41) is 3.39. The summed E-state index contributed by atoms with van der Waals surface area (Å²) in [5.41, 5.74) is 9.02. The lowest BCUT2D eigenvalue weighted by Gasteiger charge is -2.12. The second kappa shape index (κ2) is 7.53. The van der Waals surface area contributed by atoms with Gasteiger partial charge in [0.2, 0.25) is 5.91 Å².